The molecule has 0 saturated heterocycles. The molecule has 2 heterocycles. The van der Waals surface area contributed by atoms with Gasteiger partial charge in [-0.15, -0.1) is 17.9 Å². The van der Waals surface area contributed by atoms with Crippen LogP contribution in [0.2, 0.25) is 0 Å². The van der Waals surface area contributed by atoms with E-state index in [1.165, 1.54) is 27.8 Å². The van der Waals surface area contributed by atoms with Crippen molar-refractivity contribution in [3.05, 3.63) is 62.3 Å². The van der Waals surface area contributed by atoms with E-state index in [0.29, 0.717) is 17.6 Å². The van der Waals surface area contributed by atoms with E-state index in [1.807, 2.05) is 20.8 Å². The van der Waals surface area contributed by atoms with Gasteiger partial charge >= 0.3 is 0 Å². The van der Waals surface area contributed by atoms with Crippen LogP contribution < -0.4 is 10.9 Å². The van der Waals surface area contributed by atoms with Crippen molar-refractivity contribution in [2.24, 2.45) is 5.92 Å². The molecule has 168 valence electrons. The zero-order valence-corrected chi connectivity index (χ0v) is 20.7. The molecule has 32 heavy (non-hydrogen) atoms. The van der Waals surface area contributed by atoms with Crippen LogP contribution >= 0.6 is 23.1 Å². The fourth-order valence-electron chi connectivity index (χ4n) is 4.49. The first kappa shape index (κ1) is 22.8. The Balaban J connectivity index is 1.61. The van der Waals surface area contributed by atoms with Gasteiger partial charge in [-0.1, -0.05) is 42.5 Å². The van der Waals surface area contributed by atoms with Crippen LogP contribution in [0.4, 0.5) is 5.69 Å². The number of carbonyl (C=O) groups excluding carboxylic acids is 1. The topological polar surface area (TPSA) is 64.0 Å². The molecule has 0 spiro atoms. The Morgan fingerprint density at radius 1 is 1.34 bits per heavy atom. The molecule has 1 amide bonds. The maximum absolute atomic E-state index is 13.4. The highest BCUT2D eigenvalue weighted by molar-refractivity contribution is 7.99. The van der Waals surface area contributed by atoms with Gasteiger partial charge in [-0.05, 0) is 62.6 Å². The second-order valence-corrected chi connectivity index (χ2v) is 10.8. The average Bonchev–Trinajstić information content (AvgIpc) is 3.08. The SMILES string of the molecule is C=CCn1c(SCC(=O)Nc2c(C)cc(C)cc2C)nc2sc3c(c2c1=O)CCC(C)C3. The van der Waals surface area contributed by atoms with E-state index in [2.05, 4.69) is 31.0 Å². The number of aryl methyl sites for hydroxylation is 4. The van der Waals surface area contributed by atoms with Crippen molar-refractivity contribution in [3.63, 3.8) is 0 Å². The van der Waals surface area contributed by atoms with Crippen molar-refractivity contribution in [2.75, 3.05) is 11.1 Å². The summed E-state index contributed by atoms with van der Waals surface area (Å²) in [4.78, 5) is 33.0. The molecule has 1 atom stereocenters. The lowest BCUT2D eigenvalue weighted by Crippen LogP contribution is -2.24. The minimum absolute atomic E-state index is 0.0184. The number of fused-ring (bicyclic) bond motifs is 3. The largest absolute Gasteiger partial charge is 0.325 e. The normalized spacial score (nSPS) is 15.6. The minimum Gasteiger partial charge on any atom is -0.325 e. The van der Waals surface area contributed by atoms with Gasteiger partial charge in [-0.3, -0.25) is 14.2 Å². The summed E-state index contributed by atoms with van der Waals surface area (Å²) in [5, 5.41) is 4.36. The lowest BCUT2D eigenvalue weighted by molar-refractivity contribution is -0.113. The number of amides is 1. The van der Waals surface area contributed by atoms with Gasteiger partial charge in [0.05, 0.1) is 11.1 Å². The zero-order valence-electron chi connectivity index (χ0n) is 19.1. The molecule has 7 heteroatoms. The number of aromatic nitrogens is 2. The van der Waals surface area contributed by atoms with Crippen LogP contribution in [0.1, 0.15) is 40.5 Å². The molecule has 1 unspecified atom stereocenters. The highest BCUT2D eigenvalue weighted by atomic mass is 32.2. The zero-order chi connectivity index (χ0) is 23.0. The van der Waals surface area contributed by atoms with Gasteiger partial charge in [0.25, 0.3) is 5.56 Å². The van der Waals surface area contributed by atoms with Crippen LogP contribution in [0.15, 0.2) is 34.7 Å². The molecule has 3 aromatic rings. The summed E-state index contributed by atoms with van der Waals surface area (Å²) in [5.41, 5.74) is 5.28. The lowest BCUT2D eigenvalue weighted by Gasteiger charge is -2.17. The fourth-order valence-corrected chi connectivity index (χ4v) is 6.72. The summed E-state index contributed by atoms with van der Waals surface area (Å²) in [6.07, 6.45) is 4.76. The van der Waals surface area contributed by atoms with Gasteiger partial charge in [-0.25, -0.2) is 4.98 Å². The highest BCUT2D eigenvalue weighted by Crippen LogP contribution is 2.36. The molecule has 0 bridgehead atoms. The molecule has 2 aromatic heterocycles. The monoisotopic (exact) mass is 467 g/mol. The molecule has 1 aliphatic carbocycles. The van der Waals surface area contributed by atoms with Crippen LogP contribution in [-0.2, 0) is 24.2 Å². The van der Waals surface area contributed by atoms with E-state index in [4.69, 9.17) is 4.98 Å². The number of rotatable bonds is 6. The van der Waals surface area contributed by atoms with Gasteiger partial charge in [0.1, 0.15) is 4.83 Å². The number of thiophene rings is 1. The summed E-state index contributed by atoms with van der Waals surface area (Å²) in [6.45, 7) is 12.5. The van der Waals surface area contributed by atoms with Crippen LogP contribution in [0.25, 0.3) is 10.2 Å². The predicted molar refractivity (Wildman–Crippen MR) is 135 cm³/mol. The Labute approximate surface area is 197 Å². The number of nitrogens with one attached hydrogen (secondary N) is 1. The second kappa shape index (κ2) is 9.24. The summed E-state index contributed by atoms with van der Waals surface area (Å²) >= 11 is 2.94. The first-order chi connectivity index (χ1) is 15.3. The van der Waals surface area contributed by atoms with Crippen molar-refractivity contribution >= 4 is 44.9 Å². The Hall–Kier alpha value is -2.38. The Kier molecular flexibility index (Phi) is 6.58. The third kappa shape index (κ3) is 4.41. The van der Waals surface area contributed by atoms with Crippen molar-refractivity contribution in [2.45, 2.75) is 58.7 Å². The summed E-state index contributed by atoms with van der Waals surface area (Å²) in [6, 6.07) is 4.12. The van der Waals surface area contributed by atoms with Crippen LogP contribution in [0, 0.1) is 26.7 Å². The van der Waals surface area contributed by atoms with Gasteiger partial charge < -0.3 is 5.32 Å². The van der Waals surface area contributed by atoms with E-state index in [9.17, 15) is 9.59 Å². The highest BCUT2D eigenvalue weighted by Gasteiger charge is 2.24. The van der Waals surface area contributed by atoms with E-state index in [0.717, 1.165) is 46.3 Å². The molecule has 1 aliphatic rings. The predicted octanol–water partition coefficient (Wildman–Crippen LogP) is 5.42. The maximum atomic E-state index is 13.4. The smallest absolute Gasteiger partial charge is 0.263 e. The fraction of sp³-hybridized carbons (Fsp3) is 0.400. The van der Waals surface area contributed by atoms with Crippen molar-refractivity contribution < 1.29 is 4.79 Å². The molecule has 5 nitrogen and oxygen atoms in total. The molecule has 0 saturated carbocycles. The molecule has 0 aliphatic heterocycles. The minimum atomic E-state index is -0.108. The first-order valence-corrected chi connectivity index (χ1v) is 12.7. The van der Waals surface area contributed by atoms with E-state index >= 15 is 0 Å². The van der Waals surface area contributed by atoms with Gasteiger partial charge in [0.2, 0.25) is 5.91 Å². The van der Waals surface area contributed by atoms with Crippen LogP contribution in [0.5, 0.6) is 0 Å². The first-order valence-electron chi connectivity index (χ1n) is 10.9. The Morgan fingerprint density at radius 3 is 2.75 bits per heavy atom. The van der Waals surface area contributed by atoms with E-state index in [1.54, 1.807) is 22.0 Å². The molecule has 4 rings (SSSR count). The molecule has 1 N–H and O–H groups in total. The van der Waals surface area contributed by atoms with E-state index < -0.39 is 0 Å². The van der Waals surface area contributed by atoms with Crippen LogP contribution in [0.3, 0.4) is 0 Å². The third-order valence-electron chi connectivity index (χ3n) is 5.97. The number of hydrogen-bond acceptors (Lipinski definition) is 5. The standard InChI is InChI=1S/C25H29N3O2S2/c1-6-9-28-24(30)21-18-8-7-14(2)12-19(18)32-23(21)27-25(28)31-13-20(29)26-22-16(4)10-15(3)11-17(22)5/h6,10-11,14H,1,7-9,12-13H2,2-5H3,(H,26,29). The Morgan fingerprint density at radius 2 is 2.06 bits per heavy atom. The maximum Gasteiger partial charge on any atom is 0.263 e. The number of anilines is 1. The number of hydrogen-bond donors (Lipinski definition) is 1. The number of benzene rings is 1. The van der Waals surface area contributed by atoms with Crippen molar-refractivity contribution in [3.8, 4) is 0 Å². The molecule has 0 fully saturated rings. The van der Waals surface area contributed by atoms with Crippen molar-refractivity contribution in [1.29, 1.82) is 0 Å². The van der Waals surface area contributed by atoms with E-state index in [-0.39, 0.29) is 17.2 Å². The number of allylic oxidation sites excluding steroid dienone is 1. The molecular weight excluding hydrogens is 438 g/mol. The Bertz CT molecular complexity index is 1250. The van der Waals surface area contributed by atoms with Gasteiger partial charge in [-0.2, -0.15) is 0 Å². The average molecular weight is 468 g/mol. The number of nitrogens with zero attached hydrogens (tertiary/aromatic N) is 2. The van der Waals surface area contributed by atoms with Gasteiger partial charge in [0.15, 0.2) is 5.16 Å². The summed E-state index contributed by atoms with van der Waals surface area (Å²) < 4.78 is 1.65. The quantitative estimate of drug-likeness (QED) is 0.298. The molecule has 1 aromatic carbocycles. The van der Waals surface area contributed by atoms with Gasteiger partial charge in [0, 0.05) is 17.1 Å². The molecule has 0 radical (unpaired) electrons. The lowest BCUT2D eigenvalue weighted by atomic mass is 9.89. The summed E-state index contributed by atoms with van der Waals surface area (Å²) in [5.74, 6) is 0.713. The molecular formula is C25H29N3O2S2. The number of thioether (sulfide) groups is 1. The summed E-state index contributed by atoms with van der Waals surface area (Å²) in [7, 11) is 0. The number of carbonyl (C=O) groups is 1. The van der Waals surface area contributed by atoms with Crippen LogP contribution in [-0.4, -0.2) is 21.2 Å². The van der Waals surface area contributed by atoms with Crippen molar-refractivity contribution in [1.82, 2.24) is 9.55 Å². The third-order valence-corrected chi connectivity index (χ3v) is 8.09. The second-order valence-electron chi connectivity index (χ2n) is 8.74.